The highest BCUT2D eigenvalue weighted by molar-refractivity contribution is 5.42. The lowest BCUT2D eigenvalue weighted by Crippen LogP contribution is -3.00. The fourth-order valence-corrected chi connectivity index (χ4v) is 3.95. The first kappa shape index (κ1) is 27.2. The monoisotopic (exact) mass is 410 g/mol. The van der Waals surface area contributed by atoms with Crippen molar-refractivity contribution in [3.63, 3.8) is 0 Å². The van der Waals surface area contributed by atoms with E-state index in [4.69, 9.17) is 0 Å². The molecule has 0 aromatic carbocycles. The highest BCUT2D eigenvalue weighted by atomic mass is 35.5. The fourth-order valence-electron chi connectivity index (χ4n) is 3.95. The number of nitrogens with zero attached hydrogens (tertiary/aromatic N) is 2. The highest BCUT2D eigenvalue weighted by Gasteiger charge is 2.22. The van der Waals surface area contributed by atoms with Crippen LogP contribution < -0.4 is 21.9 Å². The first-order chi connectivity index (χ1) is 13.3. The number of hydrogen-bond acceptors (Lipinski definition) is 1. The molecule has 1 rings (SSSR count). The van der Waals surface area contributed by atoms with E-state index < -0.39 is 0 Å². The van der Waals surface area contributed by atoms with Gasteiger partial charge in [-0.15, -0.1) is 0 Å². The van der Waals surface area contributed by atoms with Gasteiger partial charge in [-0.05, 0) is 57.6 Å². The smallest absolute Gasteiger partial charge is 0.279 e. The second-order valence-corrected chi connectivity index (χ2v) is 8.06. The predicted molar refractivity (Wildman–Crippen MR) is 121 cm³/mol. The van der Waals surface area contributed by atoms with Gasteiger partial charge in [-0.1, -0.05) is 65.7 Å². The van der Waals surface area contributed by atoms with E-state index in [1.165, 1.54) is 102 Å². The van der Waals surface area contributed by atoms with E-state index in [2.05, 4.69) is 55.5 Å². The lowest BCUT2D eigenvalue weighted by atomic mass is 10.1. The van der Waals surface area contributed by atoms with Crippen molar-refractivity contribution in [2.75, 3.05) is 18.0 Å². The van der Waals surface area contributed by atoms with Crippen LogP contribution in [0.4, 0.5) is 5.82 Å². The summed E-state index contributed by atoms with van der Waals surface area (Å²) in [7, 11) is 0. The van der Waals surface area contributed by atoms with E-state index >= 15 is 0 Å². The summed E-state index contributed by atoms with van der Waals surface area (Å²) < 4.78 is 2.49. The van der Waals surface area contributed by atoms with Gasteiger partial charge in [0, 0.05) is 5.56 Å². The largest absolute Gasteiger partial charge is 1.00 e. The average molecular weight is 411 g/mol. The fraction of sp³-hybridized carbons (Fsp3) is 0.800. The Labute approximate surface area is 182 Å². The molecule has 0 bridgehead atoms. The zero-order chi connectivity index (χ0) is 19.7. The number of unbranched alkanes of at least 4 members (excludes halogenated alkanes) is 9. The first-order valence-electron chi connectivity index (χ1n) is 12.0. The van der Waals surface area contributed by atoms with Gasteiger partial charge in [-0.2, -0.15) is 0 Å². The molecule has 0 saturated carbocycles. The van der Waals surface area contributed by atoms with Crippen LogP contribution in [0, 0.1) is 0 Å². The first-order valence-corrected chi connectivity index (χ1v) is 12.0. The molecular formula is C25H47ClN2. The average Bonchev–Trinajstić information content (AvgIpc) is 2.70. The summed E-state index contributed by atoms with van der Waals surface area (Å²) >= 11 is 0. The van der Waals surface area contributed by atoms with E-state index in [1.54, 1.807) is 5.56 Å². The molecule has 164 valence electrons. The van der Waals surface area contributed by atoms with Gasteiger partial charge < -0.3 is 12.4 Å². The van der Waals surface area contributed by atoms with E-state index in [0.29, 0.717) is 0 Å². The quantitative estimate of drug-likeness (QED) is 0.277. The number of anilines is 1. The standard InChI is InChI=1S/C25H47N2.ClH/c1-5-9-12-15-19-24-20-18-23-26(8-4)25(24)27(21-16-13-10-6-2)22-17-14-11-7-3;/h18,20,23H,5-17,19,21-22H2,1-4H3;1H/q+1;/p-1. The lowest BCUT2D eigenvalue weighted by molar-refractivity contribution is -0.681. The number of rotatable bonds is 17. The third-order valence-corrected chi connectivity index (χ3v) is 5.63. The Hall–Kier alpha value is -0.760. The van der Waals surface area contributed by atoms with Gasteiger partial charge in [0.1, 0.15) is 0 Å². The summed E-state index contributed by atoms with van der Waals surface area (Å²) in [5, 5.41) is 0. The number of aromatic nitrogens is 1. The minimum absolute atomic E-state index is 0. The SMILES string of the molecule is CCCCCCc1ccc[n+](CC)c1N(CCCCCC)CCCCCC.[Cl-]. The molecule has 0 N–H and O–H groups in total. The molecule has 0 saturated heterocycles. The van der Waals surface area contributed by atoms with Gasteiger partial charge >= 0.3 is 0 Å². The van der Waals surface area contributed by atoms with Crippen LogP contribution in [0.25, 0.3) is 0 Å². The maximum Gasteiger partial charge on any atom is 0.279 e. The van der Waals surface area contributed by atoms with Crippen LogP contribution in [0.1, 0.15) is 110 Å². The Morgan fingerprint density at radius 2 is 1.25 bits per heavy atom. The predicted octanol–water partition coefficient (Wildman–Crippen LogP) is 4.09. The Kier molecular flexibility index (Phi) is 17.8. The molecule has 1 aromatic rings. The summed E-state index contributed by atoms with van der Waals surface area (Å²) in [6.07, 6.45) is 19.7. The van der Waals surface area contributed by atoms with Crippen LogP contribution >= 0.6 is 0 Å². The molecule has 1 heterocycles. The topological polar surface area (TPSA) is 7.12 Å². The summed E-state index contributed by atoms with van der Waals surface area (Å²) in [6, 6.07) is 4.65. The van der Waals surface area contributed by atoms with Crippen LogP contribution in [0.15, 0.2) is 18.3 Å². The molecule has 0 spiro atoms. The van der Waals surface area contributed by atoms with Crippen LogP contribution in [-0.2, 0) is 13.0 Å². The van der Waals surface area contributed by atoms with Crippen molar-refractivity contribution in [1.29, 1.82) is 0 Å². The summed E-state index contributed by atoms with van der Waals surface area (Å²) in [5.74, 6) is 1.52. The van der Waals surface area contributed by atoms with Crippen molar-refractivity contribution in [2.24, 2.45) is 0 Å². The molecule has 0 aliphatic heterocycles. The van der Waals surface area contributed by atoms with Crippen LogP contribution in [0.3, 0.4) is 0 Å². The molecule has 0 fully saturated rings. The van der Waals surface area contributed by atoms with Crippen molar-refractivity contribution < 1.29 is 17.0 Å². The minimum Gasteiger partial charge on any atom is -1.00 e. The van der Waals surface area contributed by atoms with Crippen LogP contribution in [0.2, 0.25) is 0 Å². The molecule has 3 heteroatoms. The molecule has 2 nitrogen and oxygen atoms in total. The number of hydrogen-bond donors (Lipinski definition) is 0. The Morgan fingerprint density at radius 1 is 0.714 bits per heavy atom. The molecule has 0 radical (unpaired) electrons. The van der Waals surface area contributed by atoms with Gasteiger partial charge in [0.05, 0.1) is 25.8 Å². The van der Waals surface area contributed by atoms with Gasteiger partial charge in [0.25, 0.3) is 5.82 Å². The molecular weight excluding hydrogens is 364 g/mol. The zero-order valence-corrected chi connectivity index (χ0v) is 20.1. The second kappa shape index (κ2) is 18.3. The van der Waals surface area contributed by atoms with Gasteiger partial charge in [-0.25, -0.2) is 4.57 Å². The Morgan fingerprint density at radius 3 is 1.75 bits per heavy atom. The van der Waals surface area contributed by atoms with E-state index in [9.17, 15) is 0 Å². The van der Waals surface area contributed by atoms with Crippen LogP contribution in [0.5, 0.6) is 0 Å². The van der Waals surface area contributed by atoms with Gasteiger partial charge in [0.2, 0.25) is 0 Å². The maximum atomic E-state index is 2.73. The van der Waals surface area contributed by atoms with E-state index in [1.807, 2.05) is 0 Å². The zero-order valence-electron chi connectivity index (χ0n) is 19.3. The lowest BCUT2D eigenvalue weighted by Gasteiger charge is -2.22. The summed E-state index contributed by atoms with van der Waals surface area (Å²) in [4.78, 5) is 2.73. The summed E-state index contributed by atoms with van der Waals surface area (Å²) in [5.41, 5.74) is 1.57. The number of pyridine rings is 1. The molecule has 0 unspecified atom stereocenters. The third-order valence-electron chi connectivity index (χ3n) is 5.63. The Balaban J connectivity index is 0.00000729. The number of halogens is 1. The minimum atomic E-state index is 0. The van der Waals surface area contributed by atoms with E-state index in [0.717, 1.165) is 6.54 Å². The molecule has 0 atom stereocenters. The maximum absolute atomic E-state index is 2.73. The third kappa shape index (κ3) is 10.7. The number of aryl methyl sites for hydroxylation is 2. The highest BCUT2D eigenvalue weighted by Crippen LogP contribution is 2.21. The van der Waals surface area contributed by atoms with Crippen molar-refractivity contribution in [3.05, 3.63) is 23.9 Å². The van der Waals surface area contributed by atoms with Crippen molar-refractivity contribution in [2.45, 2.75) is 118 Å². The van der Waals surface area contributed by atoms with Crippen LogP contribution in [-0.4, -0.2) is 13.1 Å². The molecule has 1 aromatic heterocycles. The molecule has 0 aliphatic rings. The Bertz CT molecular complexity index is 464. The second-order valence-electron chi connectivity index (χ2n) is 8.06. The summed E-state index contributed by atoms with van der Waals surface area (Å²) in [6.45, 7) is 12.7. The van der Waals surface area contributed by atoms with Crippen molar-refractivity contribution in [1.82, 2.24) is 0 Å². The van der Waals surface area contributed by atoms with E-state index in [-0.39, 0.29) is 12.4 Å². The van der Waals surface area contributed by atoms with Crippen molar-refractivity contribution >= 4 is 5.82 Å². The van der Waals surface area contributed by atoms with Gasteiger partial charge in [-0.3, -0.25) is 4.90 Å². The molecule has 28 heavy (non-hydrogen) atoms. The molecule has 0 aliphatic carbocycles. The normalized spacial score (nSPS) is 10.7. The van der Waals surface area contributed by atoms with Gasteiger partial charge in [0.15, 0.2) is 0 Å². The van der Waals surface area contributed by atoms with Crippen molar-refractivity contribution in [3.8, 4) is 0 Å². The molecule has 0 amide bonds.